The third-order valence-corrected chi connectivity index (χ3v) is 5.05. The number of nitrogens with zero attached hydrogens (tertiary/aromatic N) is 1. The number of amides is 4. The van der Waals surface area contributed by atoms with Crippen molar-refractivity contribution < 1.29 is 33.4 Å². The topological polar surface area (TPSA) is 123 Å². The molecule has 10 nitrogen and oxygen atoms in total. The highest BCUT2D eigenvalue weighted by molar-refractivity contribution is 6.09. The lowest BCUT2D eigenvalue weighted by Crippen LogP contribution is -2.48. The van der Waals surface area contributed by atoms with Crippen molar-refractivity contribution in [1.29, 1.82) is 0 Å². The summed E-state index contributed by atoms with van der Waals surface area (Å²) in [5.74, 6) is -0.653. The van der Waals surface area contributed by atoms with Crippen LogP contribution in [0.25, 0.3) is 0 Å². The molecular formula is C20H25N3O7. The molecule has 0 aromatic heterocycles. The zero-order valence-electron chi connectivity index (χ0n) is 17.3. The quantitative estimate of drug-likeness (QED) is 0.497. The van der Waals surface area contributed by atoms with Crippen molar-refractivity contribution in [2.45, 2.75) is 38.8 Å². The molecule has 0 unspecified atom stereocenters. The fraction of sp³-hybridized carbons (Fsp3) is 0.500. The minimum Gasteiger partial charge on any atom is -0.467 e. The van der Waals surface area contributed by atoms with Crippen LogP contribution in [0.15, 0.2) is 18.2 Å². The van der Waals surface area contributed by atoms with Gasteiger partial charge in [-0.15, -0.1) is 0 Å². The highest BCUT2D eigenvalue weighted by atomic mass is 16.7. The summed E-state index contributed by atoms with van der Waals surface area (Å²) in [6.45, 7) is 4.92. The number of hydrogen-bond acceptors (Lipinski definition) is 7. The Morgan fingerprint density at radius 3 is 2.63 bits per heavy atom. The van der Waals surface area contributed by atoms with Crippen LogP contribution in [-0.4, -0.2) is 55.2 Å². The first-order chi connectivity index (χ1) is 14.2. The van der Waals surface area contributed by atoms with Gasteiger partial charge in [-0.2, -0.15) is 0 Å². The van der Waals surface area contributed by atoms with E-state index in [4.69, 9.17) is 14.2 Å². The summed E-state index contributed by atoms with van der Waals surface area (Å²) in [6.07, 6.45) is 0.369. The number of carbonyl (C=O) groups excluding carboxylic acids is 4. The van der Waals surface area contributed by atoms with E-state index >= 15 is 0 Å². The molecule has 1 aromatic carbocycles. The Labute approximate surface area is 173 Å². The summed E-state index contributed by atoms with van der Waals surface area (Å²) in [5.41, 5.74) is -0.863. The Kier molecular flexibility index (Phi) is 5.86. The predicted octanol–water partition coefficient (Wildman–Crippen LogP) is 0.886. The SMILES string of the molecule is COC(=O)[C@H](CC(C)C)NC(=O)CN1C(=O)N[C@@](C)(c2ccc3c(c2)OCO3)C1=O. The number of nitrogens with one attached hydrogen (secondary N) is 2. The molecule has 3 rings (SSSR count). The van der Waals surface area contributed by atoms with Gasteiger partial charge in [-0.1, -0.05) is 19.9 Å². The van der Waals surface area contributed by atoms with E-state index < -0.39 is 41.9 Å². The van der Waals surface area contributed by atoms with E-state index in [2.05, 4.69) is 10.6 Å². The number of esters is 1. The van der Waals surface area contributed by atoms with Gasteiger partial charge in [0.25, 0.3) is 5.91 Å². The molecule has 1 fully saturated rings. The van der Waals surface area contributed by atoms with E-state index in [1.165, 1.54) is 7.11 Å². The van der Waals surface area contributed by atoms with Gasteiger partial charge in [0.05, 0.1) is 7.11 Å². The summed E-state index contributed by atoms with van der Waals surface area (Å²) in [5, 5.41) is 5.18. The van der Waals surface area contributed by atoms with Crippen molar-refractivity contribution in [2.24, 2.45) is 5.92 Å². The molecule has 0 radical (unpaired) electrons. The van der Waals surface area contributed by atoms with Gasteiger partial charge in [0, 0.05) is 0 Å². The van der Waals surface area contributed by atoms with Crippen LogP contribution in [-0.2, 0) is 24.7 Å². The zero-order chi connectivity index (χ0) is 22.1. The fourth-order valence-electron chi connectivity index (χ4n) is 3.46. The van der Waals surface area contributed by atoms with Gasteiger partial charge >= 0.3 is 12.0 Å². The molecule has 0 aliphatic carbocycles. The van der Waals surface area contributed by atoms with E-state index in [0.29, 0.717) is 23.5 Å². The largest absolute Gasteiger partial charge is 0.467 e. The molecule has 2 heterocycles. The van der Waals surface area contributed by atoms with Crippen LogP contribution >= 0.6 is 0 Å². The van der Waals surface area contributed by atoms with E-state index in [-0.39, 0.29) is 12.7 Å². The van der Waals surface area contributed by atoms with Gasteiger partial charge in [-0.3, -0.25) is 14.5 Å². The van der Waals surface area contributed by atoms with Gasteiger partial charge in [-0.05, 0) is 37.0 Å². The van der Waals surface area contributed by atoms with Crippen molar-refractivity contribution in [3.05, 3.63) is 23.8 Å². The lowest BCUT2D eigenvalue weighted by molar-refractivity contribution is -0.145. The van der Waals surface area contributed by atoms with Crippen LogP contribution in [0.3, 0.4) is 0 Å². The van der Waals surface area contributed by atoms with Gasteiger partial charge in [0.1, 0.15) is 18.1 Å². The first-order valence-corrected chi connectivity index (χ1v) is 9.57. The third kappa shape index (κ3) is 4.03. The number of fused-ring (bicyclic) bond motifs is 1. The lowest BCUT2D eigenvalue weighted by Gasteiger charge is -2.23. The summed E-state index contributed by atoms with van der Waals surface area (Å²) < 4.78 is 15.3. The molecule has 1 aromatic rings. The summed E-state index contributed by atoms with van der Waals surface area (Å²) >= 11 is 0. The average molecular weight is 419 g/mol. The van der Waals surface area contributed by atoms with E-state index in [9.17, 15) is 19.2 Å². The molecule has 2 N–H and O–H groups in total. The molecule has 4 amide bonds. The Bertz CT molecular complexity index is 885. The number of hydrogen-bond donors (Lipinski definition) is 2. The minimum atomic E-state index is -1.36. The summed E-state index contributed by atoms with van der Waals surface area (Å²) in [6, 6.07) is 3.38. The Hall–Kier alpha value is -3.30. The number of benzene rings is 1. The fourth-order valence-corrected chi connectivity index (χ4v) is 3.46. The lowest BCUT2D eigenvalue weighted by atomic mass is 9.91. The molecule has 162 valence electrons. The molecular weight excluding hydrogens is 394 g/mol. The Balaban J connectivity index is 1.73. The molecule has 0 saturated carbocycles. The van der Waals surface area contributed by atoms with Gasteiger partial charge in [0.15, 0.2) is 11.5 Å². The molecule has 2 atom stereocenters. The van der Waals surface area contributed by atoms with Crippen LogP contribution in [0.1, 0.15) is 32.8 Å². The monoisotopic (exact) mass is 419 g/mol. The number of carbonyl (C=O) groups is 4. The first-order valence-electron chi connectivity index (χ1n) is 9.57. The van der Waals surface area contributed by atoms with E-state index in [0.717, 1.165) is 4.90 Å². The number of imide groups is 1. The molecule has 2 aliphatic rings. The number of ether oxygens (including phenoxy) is 3. The van der Waals surface area contributed by atoms with Crippen LogP contribution in [0.4, 0.5) is 4.79 Å². The normalized spacial score (nSPS) is 20.9. The Morgan fingerprint density at radius 2 is 1.97 bits per heavy atom. The van der Waals surface area contributed by atoms with Crippen LogP contribution in [0.2, 0.25) is 0 Å². The first kappa shape index (κ1) is 21.4. The maximum atomic E-state index is 13.0. The summed E-state index contributed by atoms with van der Waals surface area (Å²) in [7, 11) is 1.23. The van der Waals surface area contributed by atoms with Crippen molar-refractivity contribution in [1.82, 2.24) is 15.5 Å². The highest BCUT2D eigenvalue weighted by Crippen LogP contribution is 2.37. The average Bonchev–Trinajstić information content (AvgIpc) is 3.25. The van der Waals surface area contributed by atoms with Crippen molar-refractivity contribution in [3.63, 3.8) is 0 Å². The molecule has 2 aliphatic heterocycles. The maximum Gasteiger partial charge on any atom is 0.328 e. The van der Waals surface area contributed by atoms with Crippen molar-refractivity contribution in [3.8, 4) is 11.5 Å². The zero-order valence-corrected chi connectivity index (χ0v) is 17.3. The third-order valence-electron chi connectivity index (χ3n) is 5.05. The van der Waals surface area contributed by atoms with Gasteiger partial charge < -0.3 is 24.8 Å². The van der Waals surface area contributed by atoms with Crippen LogP contribution < -0.4 is 20.1 Å². The maximum absolute atomic E-state index is 13.0. The smallest absolute Gasteiger partial charge is 0.328 e. The number of urea groups is 1. The van der Waals surface area contributed by atoms with E-state index in [1.54, 1.807) is 25.1 Å². The Morgan fingerprint density at radius 1 is 1.27 bits per heavy atom. The second-order valence-corrected chi connectivity index (χ2v) is 7.79. The van der Waals surface area contributed by atoms with Crippen molar-refractivity contribution in [2.75, 3.05) is 20.4 Å². The van der Waals surface area contributed by atoms with Crippen LogP contribution in [0.5, 0.6) is 11.5 Å². The number of methoxy groups -OCH3 is 1. The van der Waals surface area contributed by atoms with Gasteiger partial charge in [-0.25, -0.2) is 9.59 Å². The van der Waals surface area contributed by atoms with Crippen molar-refractivity contribution >= 4 is 23.8 Å². The number of rotatable bonds is 7. The minimum absolute atomic E-state index is 0.0832. The van der Waals surface area contributed by atoms with Crippen LogP contribution in [0, 0.1) is 5.92 Å². The second kappa shape index (κ2) is 8.21. The predicted molar refractivity (Wildman–Crippen MR) is 104 cm³/mol. The molecule has 0 spiro atoms. The second-order valence-electron chi connectivity index (χ2n) is 7.79. The standard InChI is InChI=1S/C20H25N3O7/c1-11(2)7-13(17(25)28-4)21-16(24)9-23-18(26)20(3,22-19(23)27)12-5-6-14-15(8-12)30-10-29-14/h5-6,8,11,13H,7,9-10H2,1-4H3,(H,21,24)(H,22,27)/t13-,20-/m0/s1. The highest BCUT2D eigenvalue weighted by Gasteiger charge is 2.50. The summed E-state index contributed by atoms with van der Waals surface area (Å²) in [4.78, 5) is 50.7. The molecule has 0 bridgehead atoms. The molecule has 30 heavy (non-hydrogen) atoms. The molecule has 1 saturated heterocycles. The van der Waals surface area contributed by atoms with Gasteiger partial charge in [0.2, 0.25) is 12.7 Å². The van der Waals surface area contributed by atoms with E-state index in [1.807, 2.05) is 13.8 Å². The molecule has 10 heteroatoms.